The molecular weight excluding hydrogens is 212 g/mol. The van der Waals surface area contributed by atoms with Gasteiger partial charge in [-0.25, -0.2) is 9.78 Å². The lowest BCUT2D eigenvalue weighted by Crippen LogP contribution is -2.01. The van der Waals surface area contributed by atoms with Crippen molar-refractivity contribution < 1.29 is 9.90 Å². The molecule has 0 radical (unpaired) electrons. The van der Waals surface area contributed by atoms with Crippen molar-refractivity contribution in [3.63, 3.8) is 0 Å². The van der Waals surface area contributed by atoms with E-state index in [0.717, 1.165) is 11.4 Å². The summed E-state index contributed by atoms with van der Waals surface area (Å²) in [6.45, 7) is 0. The van der Waals surface area contributed by atoms with Crippen molar-refractivity contribution in [2.45, 2.75) is 5.75 Å². The summed E-state index contributed by atoms with van der Waals surface area (Å²) in [6.07, 6.45) is 5.55. The fourth-order valence-corrected chi connectivity index (χ4v) is 1.99. The predicted molar refractivity (Wildman–Crippen MR) is 59.4 cm³/mol. The topological polar surface area (TPSA) is 54.6 Å². The summed E-state index contributed by atoms with van der Waals surface area (Å²) in [6, 6.07) is 3.29. The minimum Gasteiger partial charge on any atom is -0.478 e. The molecule has 0 aliphatic heterocycles. The lowest BCUT2D eigenvalue weighted by atomic mass is 10.3. The SMILES string of the molecule is CSCc1cnc2c(C(=O)O)cccn12. The average Bonchev–Trinajstić information content (AvgIpc) is 2.62. The van der Waals surface area contributed by atoms with Crippen molar-refractivity contribution in [1.29, 1.82) is 0 Å². The van der Waals surface area contributed by atoms with Crippen LogP contribution in [-0.4, -0.2) is 26.7 Å². The van der Waals surface area contributed by atoms with Gasteiger partial charge in [-0.15, -0.1) is 0 Å². The van der Waals surface area contributed by atoms with E-state index < -0.39 is 5.97 Å². The third kappa shape index (κ3) is 1.70. The van der Waals surface area contributed by atoms with Crippen molar-refractivity contribution in [2.24, 2.45) is 0 Å². The minimum atomic E-state index is -0.943. The Hall–Kier alpha value is -1.49. The highest BCUT2D eigenvalue weighted by molar-refractivity contribution is 7.97. The van der Waals surface area contributed by atoms with E-state index in [2.05, 4.69) is 4.98 Å². The van der Waals surface area contributed by atoms with Crippen LogP contribution >= 0.6 is 11.8 Å². The average molecular weight is 222 g/mol. The first-order valence-corrected chi connectivity index (χ1v) is 5.80. The molecule has 0 amide bonds. The molecule has 0 bridgehead atoms. The van der Waals surface area contributed by atoms with E-state index in [9.17, 15) is 4.79 Å². The summed E-state index contributed by atoms with van der Waals surface area (Å²) in [5.41, 5.74) is 1.76. The molecule has 0 aromatic carbocycles. The number of carbonyl (C=O) groups is 1. The number of thioether (sulfide) groups is 1. The van der Waals surface area contributed by atoms with Crippen molar-refractivity contribution in [1.82, 2.24) is 9.38 Å². The number of aromatic carboxylic acids is 1. The number of hydrogen-bond acceptors (Lipinski definition) is 3. The monoisotopic (exact) mass is 222 g/mol. The number of rotatable bonds is 3. The van der Waals surface area contributed by atoms with Gasteiger partial charge in [0.05, 0.1) is 11.9 Å². The molecule has 0 aliphatic rings. The van der Waals surface area contributed by atoms with Crippen molar-refractivity contribution >= 4 is 23.4 Å². The van der Waals surface area contributed by atoms with E-state index in [1.54, 1.807) is 30.1 Å². The molecule has 2 rings (SSSR count). The van der Waals surface area contributed by atoms with Crippen LogP contribution in [0.25, 0.3) is 5.65 Å². The number of nitrogens with zero attached hydrogens (tertiary/aromatic N) is 2. The summed E-state index contributed by atoms with van der Waals surface area (Å²) in [5.74, 6) is -0.119. The normalized spacial score (nSPS) is 10.7. The zero-order valence-electron chi connectivity index (χ0n) is 8.17. The Kier molecular flexibility index (Phi) is 2.64. The third-order valence-corrected chi connectivity index (χ3v) is 2.72. The van der Waals surface area contributed by atoms with Crippen molar-refractivity contribution in [2.75, 3.05) is 6.26 Å². The Morgan fingerprint density at radius 1 is 1.67 bits per heavy atom. The van der Waals surface area contributed by atoms with Crippen LogP contribution in [-0.2, 0) is 5.75 Å². The summed E-state index contributed by atoms with van der Waals surface area (Å²) in [5, 5.41) is 8.96. The molecule has 0 saturated carbocycles. The Morgan fingerprint density at radius 2 is 2.47 bits per heavy atom. The van der Waals surface area contributed by atoms with E-state index >= 15 is 0 Å². The highest BCUT2D eigenvalue weighted by Gasteiger charge is 2.11. The maximum atomic E-state index is 10.9. The van der Waals surface area contributed by atoms with Crippen LogP contribution in [0.4, 0.5) is 0 Å². The molecule has 1 N–H and O–H groups in total. The summed E-state index contributed by atoms with van der Waals surface area (Å²) >= 11 is 1.68. The van der Waals surface area contributed by atoms with Gasteiger partial charge in [0.15, 0.2) is 5.65 Å². The van der Waals surface area contributed by atoms with Gasteiger partial charge in [0.2, 0.25) is 0 Å². The molecule has 0 aliphatic carbocycles. The zero-order chi connectivity index (χ0) is 10.8. The highest BCUT2D eigenvalue weighted by Crippen LogP contribution is 2.15. The van der Waals surface area contributed by atoms with Crippen LogP contribution < -0.4 is 0 Å². The molecule has 0 saturated heterocycles. The number of imidazole rings is 1. The van der Waals surface area contributed by atoms with Crippen molar-refractivity contribution in [3.05, 3.63) is 35.8 Å². The molecule has 0 spiro atoms. The smallest absolute Gasteiger partial charge is 0.339 e. The van der Waals surface area contributed by atoms with Crippen LogP contribution in [0.3, 0.4) is 0 Å². The first kappa shape index (κ1) is 10.0. The maximum absolute atomic E-state index is 10.9. The minimum absolute atomic E-state index is 0.241. The lowest BCUT2D eigenvalue weighted by molar-refractivity contribution is 0.0698. The van der Waals surface area contributed by atoms with Crippen LogP contribution in [0, 0.1) is 0 Å². The van der Waals surface area contributed by atoms with Crippen LogP contribution in [0.2, 0.25) is 0 Å². The number of carboxylic acid groups (broad SMARTS) is 1. The van der Waals surface area contributed by atoms with E-state index in [0.29, 0.717) is 5.65 Å². The molecule has 0 unspecified atom stereocenters. The molecule has 2 aromatic rings. The molecule has 2 heterocycles. The molecule has 4 nitrogen and oxygen atoms in total. The van der Waals surface area contributed by atoms with Gasteiger partial charge in [-0.2, -0.15) is 11.8 Å². The lowest BCUT2D eigenvalue weighted by Gasteiger charge is -2.01. The first-order valence-electron chi connectivity index (χ1n) is 4.41. The number of carboxylic acids is 1. The fraction of sp³-hybridized carbons (Fsp3) is 0.200. The van der Waals surface area contributed by atoms with Gasteiger partial charge in [-0.05, 0) is 18.4 Å². The Balaban J connectivity index is 2.63. The maximum Gasteiger partial charge on any atom is 0.339 e. The molecule has 5 heteroatoms. The highest BCUT2D eigenvalue weighted by atomic mass is 32.2. The van der Waals surface area contributed by atoms with Crippen LogP contribution in [0.15, 0.2) is 24.5 Å². The predicted octanol–water partition coefficient (Wildman–Crippen LogP) is 1.90. The van der Waals surface area contributed by atoms with Crippen LogP contribution in [0.1, 0.15) is 16.1 Å². The molecule has 15 heavy (non-hydrogen) atoms. The molecular formula is C10H10N2O2S. The first-order chi connectivity index (χ1) is 7.24. The van der Waals surface area contributed by atoms with Gasteiger partial charge < -0.3 is 9.51 Å². The van der Waals surface area contributed by atoms with Gasteiger partial charge in [-0.3, -0.25) is 0 Å². The van der Waals surface area contributed by atoms with Gasteiger partial charge in [0, 0.05) is 11.9 Å². The third-order valence-electron chi connectivity index (χ3n) is 2.14. The van der Waals surface area contributed by atoms with Crippen LogP contribution in [0.5, 0.6) is 0 Å². The zero-order valence-corrected chi connectivity index (χ0v) is 8.99. The second kappa shape index (κ2) is 3.94. The largest absolute Gasteiger partial charge is 0.478 e. The Bertz CT molecular complexity index is 507. The molecule has 2 aromatic heterocycles. The van der Waals surface area contributed by atoms with Gasteiger partial charge in [0.1, 0.15) is 5.56 Å². The summed E-state index contributed by atoms with van der Waals surface area (Å²) < 4.78 is 1.82. The number of fused-ring (bicyclic) bond motifs is 1. The van der Waals surface area contributed by atoms with E-state index in [1.807, 2.05) is 16.9 Å². The number of pyridine rings is 1. The van der Waals surface area contributed by atoms with E-state index in [4.69, 9.17) is 5.11 Å². The quantitative estimate of drug-likeness (QED) is 0.861. The Morgan fingerprint density at radius 3 is 3.13 bits per heavy atom. The Labute approximate surface area is 90.9 Å². The second-order valence-electron chi connectivity index (χ2n) is 3.10. The number of hydrogen-bond donors (Lipinski definition) is 1. The summed E-state index contributed by atoms with van der Waals surface area (Å²) in [7, 11) is 0. The van der Waals surface area contributed by atoms with Gasteiger partial charge >= 0.3 is 5.97 Å². The molecule has 0 fully saturated rings. The molecule has 78 valence electrons. The fourth-order valence-electron chi connectivity index (χ4n) is 1.48. The molecule has 0 atom stereocenters. The standard InChI is InChI=1S/C10H10N2O2S/c1-15-6-7-5-11-9-8(10(13)14)3-2-4-12(7)9/h2-5H,6H2,1H3,(H,13,14). The van der Waals surface area contributed by atoms with Gasteiger partial charge in [-0.1, -0.05) is 0 Å². The van der Waals surface area contributed by atoms with E-state index in [1.165, 1.54) is 0 Å². The summed E-state index contributed by atoms with van der Waals surface area (Å²) in [4.78, 5) is 15.1. The van der Waals surface area contributed by atoms with Gasteiger partial charge in [0.25, 0.3) is 0 Å². The number of aromatic nitrogens is 2. The van der Waals surface area contributed by atoms with E-state index in [-0.39, 0.29) is 5.56 Å². The second-order valence-corrected chi connectivity index (χ2v) is 3.97. The van der Waals surface area contributed by atoms with Crippen molar-refractivity contribution in [3.8, 4) is 0 Å².